The van der Waals surface area contributed by atoms with Crippen LogP contribution >= 0.6 is 11.6 Å². The number of rotatable bonds is 4. The molecule has 1 atom stereocenters. The molecule has 4 rings (SSSR count). The van der Waals surface area contributed by atoms with E-state index in [1.807, 2.05) is 4.57 Å². The maximum atomic E-state index is 14.5. The summed E-state index contributed by atoms with van der Waals surface area (Å²) in [6, 6.07) is 4.68. The standard InChI is InChI=1S/C18H22ClFN4O/c19-13-6-7-15(16(20)11-13)17-21-22-18(23-8-2-3-9-23)24(17)12-14-5-1-4-10-25-14/h6-7,11,14H,1-5,8-10,12H2. The Morgan fingerprint density at radius 1 is 1.16 bits per heavy atom. The minimum atomic E-state index is -0.376. The molecule has 0 bridgehead atoms. The van der Waals surface area contributed by atoms with E-state index < -0.39 is 0 Å². The number of nitrogens with zero attached hydrogens (tertiary/aromatic N) is 4. The molecular formula is C18H22ClFN4O. The fraction of sp³-hybridized carbons (Fsp3) is 0.556. The van der Waals surface area contributed by atoms with E-state index >= 15 is 0 Å². The molecular weight excluding hydrogens is 343 g/mol. The lowest BCUT2D eigenvalue weighted by atomic mass is 10.1. The zero-order valence-electron chi connectivity index (χ0n) is 14.1. The van der Waals surface area contributed by atoms with Crippen molar-refractivity contribution >= 4 is 17.5 Å². The van der Waals surface area contributed by atoms with Gasteiger partial charge in [0.1, 0.15) is 5.82 Å². The zero-order valence-corrected chi connectivity index (χ0v) is 14.9. The molecule has 2 aliphatic rings. The fourth-order valence-electron chi connectivity index (χ4n) is 3.64. The third-order valence-corrected chi connectivity index (χ3v) is 5.19. The van der Waals surface area contributed by atoms with Crippen LogP contribution in [0.5, 0.6) is 0 Å². The molecule has 0 aliphatic carbocycles. The average molecular weight is 365 g/mol. The van der Waals surface area contributed by atoms with E-state index in [0.29, 0.717) is 23.0 Å². The van der Waals surface area contributed by atoms with Gasteiger partial charge in [0.25, 0.3) is 0 Å². The molecule has 2 aliphatic heterocycles. The Balaban J connectivity index is 1.72. The molecule has 3 heterocycles. The summed E-state index contributed by atoms with van der Waals surface area (Å²) in [4.78, 5) is 2.23. The molecule has 0 saturated carbocycles. The molecule has 2 fully saturated rings. The van der Waals surface area contributed by atoms with Gasteiger partial charge in [0.05, 0.1) is 18.2 Å². The lowest BCUT2D eigenvalue weighted by molar-refractivity contribution is 0.00638. The van der Waals surface area contributed by atoms with Crippen molar-refractivity contribution in [1.82, 2.24) is 14.8 Å². The quantitative estimate of drug-likeness (QED) is 0.825. The third kappa shape index (κ3) is 3.51. The molecule has 7 heteroatoms. The van der Waals surface area contributed by atoms with E-state index in [0.717, 1.165) is 57.7 Å². The van der Waals surface area contributed by atoms with Crippen LogP contribution in [0.25, 0.3) is 11.4 Å². The van der Waals surface area contributed by atoms with Crippen LogP contribution in [0.3, 0.4) is 0 Å². The zero-order chi connectivity index (χ0) is 17.2. The predicted molar refractivity (Wildman–Crippen MR) is 95.5 cm³/mol. The topological polar surface area (TPSA) is 43.2 Å². The van der Waals surface area contributed by atoms with Crippen LogP contribution < -0.4 is 4.90 Å². The van der Waals surface area contributed by atoms with E-state index in [1.54, 1.807) is 12.1 Å². The van der Waals surface area contributed by atoms with Gasteiger partial charge in [-0.2, -0.15) is 0 Å². The first kappa shape index (κ1) is 16.8. The van der Waals surface area contributed by atoms with Gasteiger partial charge < -0.3 is 9.64 Å². The van der Waals surface area contributed by atoms with Crippen LogP contribution in [-0.2, 0) is 11.3 Å². The first-order valence-electron chi connectivity index (χ1n) is 8.97. The van der Waals surface area contributed by atoms with Crippen LogP contribution in [0, 0.1) is 5.82 Å². The van der Waals surface area contributed by atoms with Gasteiger partial charge in [-0.1, -0.05) is 11.6 Å². The summed E-state index contributed by atoms with van der Waals surface area (Å²) >= 11 is 5.90. The average Bonchev–Trinajstić information content (AvgIpc) is 3.26. The highest BCUT2D eigenvalue weighted by Crippen LogP contribution is 2.29. The van der Waals surface area contributed by atoms with Crippen molar-refractivity contribution in [3.8, 4) is 11.4 Å². The lowest BCUT2D eigenvalue weighted by Gasteiger charge is -2.26. The van der Waals surface area contributed by atoms with Crippen LogP contribution in [0.2, 0.25) is 5.02 Å². The number of halogens is 2. The van der Waals surface area contributed by atoms with Crippen LogP contribution in [-0.4, -0.2) is 40.6 Å². The van der Waals surface area contributed by atoms with E-state index in [9.17, 15) is 4.39 Å². The molecule has 2 aromatic rings. The third-order valence-electron chi connectivity index (χ3n) is 4.95. The van der Waals surface area contributed by atoms with Gasteiger partial charge in [-0.3, -0.25) is 4.57 Å². The first-order chi connectivity index (χ1) is 12.2. The van der Waals surface area contributed by atoms with Crippen molar-refractivity contribution < 1.29 is 9.13 Å². The second-order valence-electron chi connectivity index (χ2n) is 6.74. The first-order valence-corrected chi connectivity index (χ1v) is 9.35. The summed E-state index contributed by atoms with van der Waals surface area (Å²) in [7, 11) is 0. The van der Waals surface area contributed by atoms with Crippen LogP contribution in [0.4, 0.5) is 10.3 Å². The lowest BCUT2D eigenvalue weighted by Crippen LogP contribution is -2.28. The molecule has 0 amide bonds. The Morgan fingerprint density at radius 2 is 2.00 bits per heavy atom. The number of hydrogen-bond donors (Lipinski definition) is 0. The van der Waals surface area contributed by atoms with E-state index in [4.69, 9.17) is 16.3 Å². The molecule has 0 spiro atoms. The minimum Gasteiger partial charge on any atom is -0.376 e. The van der Waals surface area contributed by atoms with Gasteiger partial charge in [-0.25, -0.2) is 4.39 Å². The van der Waals surface area contributed by atoms with Crippen molar-refractivity contribution in [2.45, 2.75) is 44.8 Å². The Kier molecular flexibility index (Phi) is 4.90. The van der Waals surface area contributed by atoms with Gasteiger partial charge >= 0.3 is 0 Å². The smallest absolute Gasteiger partial charge is 0.227 e. The van der Waals surface area contributed by atoms with Crippen molar-refractivity contribution in [2.75, 3.05) is 24.6 Å². The number of ether oxygens (including phenoxy) is 1. The highest BCUT2D eigenvalue weighted by molar-refractivity contribution is 6.30. The summed E-state index contributed by atoms with van der Waals surface area (Å²) in [5, 5.41) is 9.08. The van der Waals surface area contributed by atoms with Crippen LogP contribution in [0.15, 0.2) is 18.2 Å². The molecule has 1 aromatic heterocycles. The number of aromatic nitrogens is 3. The van der Waals surface area contributed by atoms with Crippen molar-refractivity contribution in [3.63, 3.8) is 0 Å². The molecule has 0 N–H and O–H groups in total. The van der Waals surface area contributed by atoms with Gasteiger partial charge in [-0.15, -0.1) is 10.2 Å². The number of hydrogen-bond acceptors (Lipinski definition) is 4. The molecule has 134 valence electrons. The normalized spacial score (nSPS) is 21.0. The Hall–Kier alpha value is -1.66. The van der Waals surface area contributed by atoms with Crippen molar-refractivity contribution in [3.05, 3.63) is 29.0 Å². The largest absolute Gasteiger partial charge is 0.376 e. The summed E-state index contributed by atoms with van der Waals surface area (Å²) < 4.78 is 22.4. The summed E-state index contributed by atoms with van der Waals surface area (Å²) in [5.74, 6) is 0.986. The summed E-state index contributed by atoms with van der Waals surface area (Å²) in [5.41, 5.74) is 0.429. The molecule has 2 saturated heterocycles. The molecule has 5 nitrogen and oxygen atoms in total. The highest BCUT2D eigenvalue weighted by atomic mass is 35.5. The van der Waals surface area contributed by atoms with Gasteiger partial charge in [0.15, 0.2) is 5.82 Å². The van der Waals surface area contributed by atoms with E-state index in [1.165, 1.54) is 6.07 Å². The van der Waals surface area contributed by atoms with Crippen LogP contribution in [0.1, 0.15) is 32.1 Å². The monoisotopic (exact) mass is 364 g/mol. The second kappa shape index (κ2) is 7.30. The molecule has 1 unspecified atom stereocenters. The minimum absolute atomic E-state index is 0.125. The fourth-order valence-corrected chi connectivity index (χ4v) is 3.80. The SMILES string of the molecule is Fc1cc(Cl)ccc1-c1nnc(N2CCCC2)n1CC1CCCCO1. The molecule has 0 radical (unpaired) electrons. The Bertz CT molecular complexity index is 739. The summed E-state index contributed by atoms with van der Waals surface area (Å²) in [6.45, 7) is 3.37. The maximum Gasteiger partial charge on any atom is 0.227 e. The summed E-state index contributed by atoms with van der Waals surface area (Å²) in [6.07, 6.45) is 5.71. The molecule has 1 aromatic carbocycles. The van der Waals surface area contributed by atoms with E-state index in [-0.39, 0.29) is 11.9 Å². The van der Waals surface area contributed by atoms with Gasteiger partial charge in [-0.05, 0) is 50.3 Å². The second-order valence-corrected chi connectivity index (χ2v) is 7.18. The van der Waals surface area contributed by atoms with E-state index in [2.05, 4.69) is 15.1 Å². The molecule has 25 heavy (non-hydrogen) atoms. The van der Waals surface area contributed by atoms with Crippen molar-refractivity contribution in [2.24, 2.45) is 0 Å². The number of benzene rings is 1. The van der Waals surface area contributed by atoms with Crippen molar-refractivity contribution in [1.29, 1.82) is 0 Å². The van der Waals surface area contributed by atoms with Gasteiger partial charge in [0, 0.05) is 24.7 Å². The van der Waals surface area contributed by atoms with Gasteiger partial charge in [0.2, 0.25) is 5.95 Å². The predicted octanol–water partition coefficient (Wildman–Crippen LogP) is 3.91. The Morgan fingerprint density at radius 3 is 2.72 bits per heavy atom. The number of anilines is 1. The Labute approximate surface area is 151 Å². The maximum absolute atomic E-state index is 14.5. The highest BCUT2D eigenvalue weighted by Gasteiger charge is 2.26.